The van der Waals surface area contributed by atoms with Crippen LogP contribution in [0.2, 0.25) is 0 Å². The highest BCUT2D eigenvalue weighted by Crippen LogP contribution is 2.50. The van der Waals surface area contributed by atoms with Crippen LogP contribution < -0.4 is 0 Å². The first-order valence-electron chi connectivity index (χ1n) is 7.54. The zero-order chi connectivity index (χ0) is 12.8. The molecule has 3 nitrogen and oxygen atoms in total. The molecule has 0 heterocycles. The molecule has 0 amide bonds. The van der Waals surface area contributed by atoms with Crippen molar-refractivity contribution in [2.75, 3.05) is 13.2 Å². The van der Waals surface area contributed by atoms with Crippen LogP contribution in [0.1, 0.15) is 64.2 Å². The van der Waals surface area contributed by atoms with Gasteiger partial charge in [-0.3, -0.25) is 4.79 Å². The van der Waals surface area contributed by atoms with Crippen LogP contribution in [-0.2, 0) is 9.53 Å². The summed E-state index contributed by atoms with van der Waals surface area (Å²) >= 11 is 0. The lowest BCUT2D eigenvalue weighted by Gasteiger charge is -2.09. The standard InChI is InChI=1S/C15H26O3/c16-14(17)15(9-10-15)8-2-1-3-11-18-12-4-5-13-6-7-13/h13H,1-12H2,(H,16,17). The van der Waals surface area contributed by atoms with E-state index in [2.05, 4.69) is 0 Å². The van der Waals surface area contributed by atoms with E-state index >= 15 is 0 Å². The maximum absolute atomic E-state index is 11.0. The number of hydrogen-bond acceptors (Lipinski definition) is 2. The van der Waals surface area contributed by atoms with Gasteiger partial charge in [0, 0.05) is 13.2 Å². The zero-order valence-electron chi connectivity index (χ0n) is 11.3. The van der Waals surface area contributed by atoms with E-state index in [9.17, 15) is 4.79 Å². The molecule has 2 fully saturated rings. The molecule has 0 saturated heterocycles. The molecule has 0 bridgehead atoms. The highest BCUT2D eigenvalue weighted by molar-refractivity contribution is 5.77. The van der Waals surface area contributed by atoms with E-state index in [4.69, 9.17) is 9.84 Å². The smallest absolute Gasteiger partial charge is 0.309 e. The van der Waals surface area contributed by atoms with Gasteiger partial charge in [-0.15, -0.1) is 0 Å². The van der Waals surface area contributed by atoms with Crippen LogP contribution in [0.25, 0.3) is 0 Å². The molecule has 0 spiro atoms. The van der Waals surface area contributed by atoms with Crippen molar-refractivity contribution in [2.45, 2.75) is 64.2 Å². The van der Waals surface area contributed by atoms with Gasteiger partial charge in [-0.2, -0.15) is 0 Å². The Morgan fingerprint density at radius 1 is 1.11 bits per heavy atom. The Bertz CT molecular complexity index is 267. The van der Waals surface area contributed by atoms with Gasteiger partial charge in [0.1, 0.15) is 0 Å². The van der Waals surface area contributed by atoms with Crippen molar-refractivity contribution in [1.29, 1.82) is 0 Å². The second-order valence-corrected chi connectivity index (χ2v) is 6.09. The normalized spacial score (nSPS) is 20.9. The largest absolute Gasteiger partial charge is 0.481 e. The summed E-state index contributed by atoms with van der Waals surface area (Å²) in [5, 5.41) is 9.03. The van der Waals surface area contributed by atoms with Gasteiger partial charge >= 0.3 is 5.97 Å². The number of rotatable bonds is 11. The Hall–Kier alpha value is -0.570. The number of hydrogen-bond donors (Lipinski definition) is 1. The van der Waals surface area contributed by atoms with Crippen LogP contribution in [-0.4, -0.2) is 24.3 Å². The van der Waals surface area contributed by atoms with Crippen molar-refractivity contribution in [3.8, 4) is 0 Å². The zero-order valence-corrected chi connectivity index (χ0v) is 11.3. The van der Waals surface area contributed by atoms with E-state index in [1.807, 2.05) is 0 Å². The lowest BCUT2D eigenvalue weighted by molar-refractivity contribution is -0.143. The Balaban J connectivity index is 1.34. The Morgan fingerprint density at radius 2 is 1.83 bits per heavy atom. The maximum Gasteiger partial charge on any atom is 0.309 e. The van der Waals surface area contributed by atoms with Crippen LogP contribution in [0, 0.1) is 11.3 Å². The summed E-state index contributed by atoms with van der Waals surface area (Å²) in [5.41, 5.74) is -0.328. The van der Waals surface area contributed by atoms with Crippen LogP contribution in [0.4, 0.5) is 0 Å². The van der Waals surface area contributed by atoms with Gasteiger partial charge in [0.05, 0.1) is 5.41 Å². The van der Waals surface area contributed by atoms with E-state index < -0.39 is 5.97 Å². The molecule has 3 heteroatoms. The number of carboxylic acid groups (broad SMARTS) is 1. The van der Waals surface area contributed by atoms with Crippen molar-refractivity contribution in [3.05, 3.63) is 0 Å². The highest BCUT2D eigenvalue weighted by atomic mass is 16.5. The first-order chi connectivity index (χ1) is 8.73. The number of carbonyl (C=O) groups is 1. The third kappa shape index (κ3) is 4.60. The van der Waals surface area contributed by atoms with E-state index in [1.165, 1.54) is 25.7 Å². The third-order valence-electron chi connectivity index (χ3n) is 4.35. The number of aliphatic carboxylic acids is 1. The van der Waals surface area contributed by atoms with Crippen LogP contribution in [0.5, 0.6) is 0 Å². The summed E-state index contributed by atoms with van der Waals surface area (Å²) in [4.78, 5) is 11.0. The third-order valence-corrected chi connectivity index (χ3v) is 4.35. The van der Waals surface area contributed by atoms with Gasteiger partial charge in [0.2, 0.25) is 0 Å². The van der Waals surface area contributed by atoms with Gasteiger partial charge in [0.15, 0.2) is 0 Å². The molecule has 2 aliphatic rings. The lowest BCUT2D eigenvalue weighted by Crippen LogP contribution is -2.14. The fourth-order valence-corrected chi connectivity index (χ4v) is 2.55. The fourth-order valence-electron chi connectivity index (χ4n) is 2.55. The first-order valence-corrected chi connectivity index (χ1v) is 7.54. The summed E-state index contributed by atoms with van der Waals surface area (Å²) in [6.07, 6.45) is 11.3. The molecular formula is C15H26O3. The van der Waals surface area contributed by atoms with E-state index in [1.54, 1.807) is 0 Å². The van der Waals surface area contributed by atoms with Crippen molar-refractivity contribution in [1.82, 2.24) is 0 Å². The van der Waals surface area contributed by atoms with E-state index in [0.717, 1.165) is 57.7 Å². The van der Waals surface area contributed by atoms with Crippen LogP contribution in [0.3, 0.4) is 0 Å². The average molecular weight is 254 g/mol. The summed E-state index contributed by atoms with van der Waals surface area (Å²) < 4.78 is 5.59. The maximum atomic E-state index is 11.0. The molecule has 18 heavy (non-hydrogen) atoms. The molecule has 2 saturated carbocycles. The minimum absolute atomic E-state index is 0.328. The molecule has 104 valence electrons. The molecule has 0 aliphatic heterocycles. The van der Waals surface area contributed by atoms with Gasteiger partial charge in [-0.25, -0.2) is 0 Å². The van der Waals surface area contributed by atoms with E-state index in [0.29, 0.717) is 0 Å². The second kappa shape index (κ2) is 6.55. The van der Waals surface area contributed by atoms with Crippen LogP contribution in [0.15, 0.2) is 0 Å². The predicted octanol–water partition coefficient (Wildman–Crippen LogP) is 3.62. The van der Waals surface area contributed by atoms with Crippen molar-refractivity contribution >= 4 is 5.97 Å². The summed E-state index contributed by atoms with van der Waals surface area (Å²) in [6, 6.07) is 0. The molecule has 0 unspecified atom stereocenters. The minimum Gasteiger partial charge on any atom is -0.481 e. The van der Waals surface area contributed by atoms with Gasteiger partial charge in [-0.1, -0.05) is 25.7 Å². The number of carboxylic acids is 1. The number of unbranched alkanes of at least 4 members (excludes halogenated alkanes) is 2. The average Bonchev–Trinajstić information content (AvgIpc) is 3.22. The van der Waals surface area contributed by atoms with Gasteiger partial charge < -0.3 is 9.84 Å². The highest BCUT2D eigenvalue weighted by Gasteiger charge is 2.49. The van der Waals surface area contributed by atoms with E-state index in [-0.39, 0.29) is 5.41 Å². The Morgan fingerprint density at radius 3 is 2.44 bits per heavy atom. The first kappa shape index (κ1) is 13.9. The Labute approximate surface area is 110 Å². The summed E-state index contributed by atoms with van der Waals surface area (Å²) in [7, 11) is 0. The molecular weight excluding hydrogens is 228 g/mol. The molecule has 0 aromatic rings. The van der Waals surface area contributed by atoms with Crippen molar-refractivity contribution in [3.63, 3.8) is 0 Å². The molecule has 2 aliphatic carbocycles. The molecule has 0 atom stereocenters. The minimum atomic E-state index is -0.584. The lowest BCUT2D eigenvalue weighted by atomic mass is 9.99. The van der Waals surface area contributed by atoms with Gasteiger partial charge in [0.25, 0.3) is 0 Å². The van der Waals surface area contributed by atoms with Crippen LogP contribution >= 0.6 is 0 Å². The molecule has 2 rings (SSSR count). The summed E-state index contributed by atoms with van der Waals surface area (Å²) in [6.45, 7) is 1.76. The quantitative estimate of drug-likeness (QED) is 0.573. The molecule has 0 aromatic carbocycles. The molecule has 0 aromatic heterocycles. The second-order valence-electron chi connectivity index (χ2n) is 6.09. The fraction of sp³-hybridized carbons (Fsp3) is 0.933. The van der Waals surface area contributed by atoms with Gasteiger partial charge in [-0.05, 0) is 44.4 Å². The van der Waals surface area contributed by atoms with Crippen molar-refractivity contribution in [2.24, 2.45) is 11.3 Å². The monoisotopic (exact) mass is 254 g/mol. The molecule has 0 radical (unpaired) electrons. The number of ether oxygens (including phenoxy) is 1. The summed E-state index contributed by atoms with van der Waals surface area (Å²) in [5.74, 6) is 0.429. The molecule has 1 N–H and O–H groups in total. The Kier molecular flexibility index (Phi) is 5.04. The predicted molar refractivity (Wildman–Crippen MR) is 70.5 cm³/mol. The van der Waals surface area contributed by atoms with Crippen molar-refractivity contribution < 1.29 is 14.6 Å². The SMILES string of the molecule is O=C(O)C1(CCCCCOCCCC2CC2)CC1. The topological polar surface area (TPSA) is 46.5 Å².